The number of methoxy groups -OCH3 is 1. The lowest BCUT2D eigenvalue weighted by atomic mass is 10.1. The first-order valence-electron chi connectivity index (χ1n) is 5.76. The van der Waals surface area contributed by atoms with E-state index in [9.17, 15) is 4.79 Å². The zero-order valence-corrected chi connectivity index (χ0v) is 10.0. The van der Waals surface area contributed by atoms with Crippen LogP contribution in [0.25, 0.3) is 0 Å². The average molecular weight is 235 g/mol. The SMILES string of the molecule is COCc1ccc(C(=O)N2CCOCC2)cc1. The van der Waals surface area contributed by atoms with Crippen LogP contribution in [0.5, 0.6) is 0 Å². The molecular weight excluding hydrogens is 218 g/mol. The van der Waals surface area contributed by atoms with Gasteiger partial charge in [0.05, 0.1) is 19.8 Å². The molecule has 0 atom stereocenters. The van der Waals surface area contributed by atoms with E-state index in [0.717, 1.165) is 11.1 Å². The van der Waals surface area contributed by atoms with Gasteiger partial charge in [-0.05, 0) is 17.7 Å². The first kappa shape index (κ1) is 12.1. The maximum absolute atomic E-state index is 12.1. The minimum atomic E-state index is 0.0808. The number of amides is 1. The molecule has 1 fully saturated rings. The van der Waals surface area contributed by atoms with Crippen molar-refractivity contribution in [3.05, 3.63) is 35.4 Å². The van der Waals surface area contributed by atoms with Gasteiger partial charge in [-0.3, -0.25) is 4.79 Å². The molecule has 0 radical (unpaired) electrons. The number of benzene rings is 1. The van der Waals surface area contributed by atoms with Crippen molar-refractivity contribution in [2.45, 2.75) is 6.61 Å². The van der Waals surface area contributed by atoms with Crippen molar-refractivity contribution < 1.29 is 14.3 Å². The molecular formula is C13H17NO3. The summed E-state index contributed by atoms with van der Waals surface area (Å²) in [5.74, 6) is 0.0808. The molecule has 1 aromatic carbocycles. The molecule has 17 heavy (non-hydrogen) atoms. The number of ether oxygens (including phenoxy) is 2. The van der Waals surface area contributed by atoms with Crippen molar-refractivity contribution in [1.82, 2.24) is 4.90 Å². The topological polar surface area (TPSA) is 38.8 Å². The van der Waals surface area contributed by atoms with Gasteiger partial charge in [-0.15, -0.1) is 0 Å². The lowest BCUT2D eigenvalue weighted by Gasteiger charge is -2.26. The highest BCUT2D eigenvalue weighted by Crippen LogP contribution is 2.10. The van der Waals surface area contributed by atoms with Crippen LogP contribution in [-0.4, -0.2) is 44.2 Å². The Balaban J connectivity index is 2.03. The van der Waals surface area contributed by atoms with Crippen LogP contribution < -0.4 is 0 Å². The van der Waals surface area contributed by atoms with Crippen molar-refractivity contribution >= 4 is 5.91 Å². The summed E-state index contributed by atoms with van der Waals surface area (Å²) in [7, 11) is 1.66. The van der Waals surface area contributed by atoms with Gasteiger partial charge in [0, 0.05) is 25.8 Å². The number of hydrogen-bond donors (Lipinski definition) is 0. The second-order valence-corrected chi connectivity index (χ2v) is 4.03. The monoisotopic (exact) mass is 235 g/mol. The van der Waals surface area contributed by atoms with Gasteiger partial charge in [0.1, 0.15) is 0 Å². The molecule has 4 nitrogen and oxygen atoms in total. The van der Waals surface area contributed by atoms with Gasteiger partial charge >= 0.3 is 0 Å². The van der Waals surface area contributed by atoms with Crippen LogP contribution >= 0.6 is 0 Å². The predicted molar refractivity (Wildman–Crippen MR) is 63.9 cm³/mol. The minimum Gasteiger partial charge on any atom is -0.380 e. The van der Waals surface area contributed by atoms with Gasteiger partial charge in [0.2, 0.25) is 0 Å². The maximum Gasteiger partial charge on any atom is 0.254 e. The van der Waals surface area contributed by atoms with Crippen molar-refractivity contribution in [2.75, 3.05) is 33.4 Å². The largest absolute Gasteiger partial charge is 0.380 e. The Labute approximate surface area is 101 Å². The van der Waals surface area contributed by atoms with Gasteiger partial charge < -0.3 is 14.4 Å². The summed E-state index contributed by atoms with van der Waals surface area (Å²) in [6.07, 6.45) is 0. The standard InChI is InChI=1S/C13H17NO3/c1-16-10-11-2-4-12(5-3-11)13(15)14-6-8-17-9-7-14/h2-5H,6-10H2,1H3. The molecule has 1 saturated heterocycles. The first-order chi connectivity index (χ1) is 8.31. The predicted octanol–water partition coefficient (Wildman–Crippen LogP) is 1.31. The van der Waals surface area contributed by atoms with Gasteiger partial charge in [0.15, 0.2) is 0 Å². The van der Waals surface area contributed by atoms with Gasteiger partial charge in [-0.25, -0.2) is 0 Å². The summed E-state index contributed by atoms with van der Waals surface area (Å²) in [5.41, 5.74) is 1.80. The van der Waals surface area contributed by atoms with Gasteiger partial charge in [0.25, 0.3) is 5.91 Å². The Morgan fingerprint density at radius 1 is 1.29 bits per heavy atom. The van der Waals surface area contributed by atoms with E-state index in [0.29, 0.717) is 32.9 Å². The molecule has 2 rings (SSSR count). The summed E-state index contributed by atoms with van der Waals surface area (Å²) >= 11 is 0. The van der Waals surface area contributed by atoms with Crippen LogP contribution in [0.2, 0.25) is 0 Å². The Morgan fingerprint density at radius 2 is 1.94 bits per heavy atom. The smallest absolute Gasteiger partial charge is 0.254 e. The zero-order valence-electron chi connectivity index (χ0n) is 10.0. The third-order valence-electron chi connectivity index (χ3n) is 2.81. The Kier molecular flexibility index (Phi) is 4.12. The summed E-state index contributed by atoms with van der Waals surface area (Å²) in [4.78, 5) is 13.9. The van der Waals surface area contributed by atoms with Crippen LogP contribution in [0.15, 0.2) is 24.3 Å². The number of morpholine rings is 1. The van der Waals surface area contributed by atoms with Crippen LogP contribution in [0.4, 0.5) is 0 Å². The highest BCUT2D eigenvalue weighted by Gasteiger charge is 2.17. The molecule has 1 aromatic rings. The van der Waals surface area contributed by atoms with Crippen molar-refractivity contribution in [3.8, 4) is 0 Å². The van der Waals surface area contributed by atoms with E-state index in [1.807, 2.05) is 29.2 Å². The summed E-state index contributed by atoms with van der Waals surface area (Å²) in [6, 6.07) is 7.56. The molecule has 1 aliphatic rings. The molecule has 0 aliphatic carbocycles. The quantitative estimate of drug-likeness (QED) is 0.792. The van der Waals surface area contributed by atoms with Crippen molar-refractivity contribution in [2.24, 2.45) is 0 Å². The first-order valence-corrected chi connectivity index (χ1v) is 5.76. The molecule has 0 spiro atoms. The van der Waals surface area contributed by atoms with Crippen LogP contribution in [0, 0.1) is 0 Å². The third-order valence-corrected chi connectivity index (χ3v) is 2.81. The lowest BCUT2D eigenvalue weighted by Crippen LogP contribution is -2.40. The third kappa shape index (κ3) is 3.05. The molecule has 1 amide bonds. The molecule has 92 valence electrons. The number of rotatable bonds is 3. The number of carbonyl (C=O) groups excluding carboxylic acids is 1. The summed E-state index contributed by atoms with van der Waals surface area (Å²) < 4.78 is 10.3. The second-order valence-electron chi connectivity index (χ2n) is 4.03. The highest BCUT2D eigenvalue weighted by atomic mass is 16.5. The van der Waals surface area contributed by atoms with Crippen LogP contribution in [-0.2, 0) is 16.1 Å². The van der Waals surface area contributed by atoms with E-state index in [-0.39, 0.29) is 5.91 Å². The van der Waals surface area contributed by atoms with E-state index >= 15 is 0 Å². The maximum atomic E-state index is 12.1. The number of nitrogens with zero attached hydrogens (tertiary/aromatic N) is 1. The van der Waals surface area contributed by atoms with E-state index in [1.54, 1.807) is 7.11 Å². The minimum absolute atomic E-state index is 0.0808. The molecule has 0 saturated carbocycles. The Bertz CT molecular complexity index is 369. The Hall–Kier alpha value is -1.39. The van der Waals surface area contributed by atoms with Gasteiger partial charge in [-0.1, -0.05) is 12.1 Å². The van der Waals surface area contributed by atoms with Crippen molar-refractivity contribution in [3.63, 3.8) is 0 Å². The summed E-state index contributed by atoms with van der Waals surface area (Å²) in [5, 5.41) is 0. The highest BCUT2D eigenvalue weighted by molar-refractivity contribution is 5.94. The Morgan fingerprint density at radius 3 is 2.53 bits per heavy atom. The zero-order chi connectivity index (χ0) is 12.1. The normalized spacial score (nSPS) is 15.9. The molecule has 0 N–H and O–H groups in total. The molecule has 0 bridgehead atoms. The molecule has 4 heteroatoms. The van der Waals surface area contributed by atoms with E-state index in [1.165, 1.54) is 0 Å². The molecule has 0 aromatic heterocycles. The van der Waals surface area contributed by atoms with E-state index < -0.39 is 0 Å². The number of carbonyl (C=O) groups is 1. The van der Waals surface area contributed by atoms with E-state index in [4.69, 9.17) is 9.47 Å². The van der Waals surface area contributed by atoms with Gasteiger partial charge in [-0.2, -0.15) is 0 Å². The number of hydrogen-bond acceptors (Lipinski definition) is 3. The fraction of sp³-hybridized carbons (Fsp3) is 0.462. The van der Waals surface area contributed by atoms with E-state index in [2.05, 4.69) is 0 Å². The molecule has 1 heterocycles. The second kappa shape index (κ2) is 5.80. The van der Waals surface area contributed by atoms with Crippen LogP contribution in [0.1, 0.15) is 15.9 Å². The summed E-state index contributed by atoms with van der Waals surface area (Å²) in [6.45, 7) is 3.20. The molecule has 0 unspecified atom stereocenters. The average Bonchev–Trinajstić information content (AvgIpc) is 2.40. The molecule has 1 aliphatic heterocycles. The fourth-order valence-electron chi connectivity index (χ4n) is 1.86. The van der Waals surface area contributed by atoms with Crippen molar-refractivity contribution in [1.29, 1.82) is 0 Å². The fourth-order valence-corrected chi connectivity index (χ4v) is 1.86. The lowest BCUT2D eigenvalue weighted by molar-refractivity contribution is 0.0303. The van der Waals surface area contributed by atoms with Crippen LogP contribution in [0.3, 0.4) is 0 Å².